The fourth-order valence-electron chi connectivity index (χ4n) is 1.83. The average molecular weight is 228 g/mol. The van der Waals surface area contributed by atoms with Crippen molar-refractivity contribution in [3.63, 3.8) is 0 Å². The fraction of sp³-hybridized carbons (Fsp3) is 0.286. The lowest BCUT2D eigenvalue weighted by Gasteiger charge is -2.05. The van der Waals surface area contributed by atoms with Gasteiger partial charge in [0.05, 0.1) is 0 Å². The summed E-state index contributed by atoms with van der Waals surface area (Å²) in [5.74, 6) is 0.638. The molecule has 88 valence electrons. The van der Waals surface area contributed by atoms with Gasteiger partial charge in [0.25, 0.3) is 5.56 Å². The fourth-order valence-corrected chi connectivity index (χ4v) is 1.83. The summed E-state index contributed by atoms with van der Waals surface area (Å²) in [6, 6.07) is 8.03. The van der Waals surface area contributed by atoms with E-state index in [4.69, 9.17) is 0 Å². The molecule has 0 bridgehead atoms. The van der Waals surface area contributed by atoms with Crippen molar-refractivity contribution in [3.8, 4) is 11.3 Å². The maximum absolute atomic E-state index is 11.6. The van der Waals surface area contributed by atoms with Crippen molar-refractivity contribution in [2.75, 3.05) is 0 Å². The standard InChI is InChI=1S/C14H16N2O/c1-10(2)9-11-3-5-12(6-4-11)13-14(17)16-8-7-15-13/h3-8,10H,9H2,1-2H3,(H,16,17). The molecule has 0 saturated carbocycles. The molecule has 2 aromatic rings. The van der Waals surface area contributed by atoms with Gasteiger partial charge < -0.3 is 4.98 Å². The lowest BCUT2D eigenvalue weighted by Crippen LogP contribution is -2.09. The third kappa shape index (κ3) is 2.81. The van der Waals surface area contributed by atoms with Gasteiger partial charge in [0, 0.05) is 18.0 Å². The molecule has 0 fully saturated rings. The van der Waals surface area contributed by atoms with Crippen molar-refractivity contribution >= 4 is 0 Å². The van der Waals surface area contributed by atoms with Gasteiger partial charge in [0.2, 0.25) is 0 Å². The van der Waals surface area contributed by atoms with Crippen LogP contribution in [-0.4, -0.2) is 9.97 Å². The third-order valence-electron chi connectivity index (χ3n) is 2.58. The number of H-pyrrole nitrogens is 1. The van der Waals surface area contributed by atoms with Crippen LogP contribution < -0.4 is 5.56 Å². The van der Waals surface area contributed by atoms with Crippen molar-refractivity contribution in [2.45, 2.75) is 20.3 Å². The number of aromatic nitrogens is 2. The Balaban J connectivity index is 2.30. The molecule has 0 saturated heterocycles. The Morgan fingerprint density at radius 1 is 1.24 bits per heavy atom. The zero-order valence-corrected chi connectivity index (χ0v) is 10.1. The van der Waals surface area contributed by atoms with Crippen LogP contribution in [-0.2, 0) is 6.42 Å². The first-order valence-electron chi connectivity index (χ1n) is 5.80. The second kappa shape index (κ2) is 4.95. The summed E-state index contributed by atoms with van der Waals surface area (Å²) >= 11 is 0. The van der Waals surface area contributed by atoms with Crippen molar-refractivity contribution in [3.05, 3.63) is 52.6 Å². The van der Waals surface area contributed by atoms with Gasteiger partial charge in [-0.2, -0.15) is 0 Å². The van der Waals surface area contributed by atoms with Gasteiger partial charge in [0.1, 0.15) is 5.69 Å². The maximum Gasteiger partial charge on any atom is 0.274 e. The number of hydrogen-bond donors (Lipinski definition) is 1. The van der Waals surface area contributed by atoms with E-state index in [2.05, 4.69) is 35.9 Å². The molecule has 1 aromatic carbocycles. The highest BCUT2D eigenvalue weighted by atomic mass is 16.1. The minimum absolute atomic E-state index is 0.149. The van der Waals surface area contributed by atoms with Crippen LogP contribution in [0.5, 0.6) is 0 Å². The van der Waals surface area contributed by atoms with E-state index in [-0.39, 0.29) is 5.56 Å². The highest BCUT2D eigenvalue weighted by Gasteiger charge is 2.04. The monoisotopic (exact) mass is 228 g/mol. The number of rotatable bonds is 3. The number of nitrogens with one attached hydrogen (secondary N) is 1. The predicted octanol–water partition coefficient (Wildman–Crippen LogP) is 2.64. The minimum Gasteiger partial charge on any atom is -0.326 e. The van der Waals surface area contributed by atoms with Crippen molar-refractivity contribution in [1.29, 1.82) is 0 Å². The van der Waals surface area contributed by atoms with E-state index in [0.717, 1.165) is 12.0 Å². The smallest absolute Gasteiger partial charge is 0.274 e. The Morgan fingerprint density at radius 2 is 1.94 bits per heavy atom. The Kier molecular flexibility index (Phi) is 3.38. The summed E-state index contributed by atoms with van der Waals surface area (Å²) in [6.07, 6.45) is 4.19. The lowest BCUT2D eigenvalue weighted by atomic mass is 10.0. The van der Waals surface area contributed by atoms with E-state index in [1.54, 1.807) is 12.4 Å². The zero-order chi connectivity index (χ0) is 12.3. The summed E-state index contributed by atoms with van der Waals surface area (Å²) < 4.78 is 0. The van der Waals surface area contributed by atoms with E-state index in [1.807, 2.05) is 12.1 Å². The van der Waals surface area contributed by atoms with Gasteiger partial charge >= 0.3 is 0 Å². The van der Waals surface area contributed by atoms with Crippen LogP contribution in [0.2, 0.25) is 0 Å². The molecule has 2 rings (SSSR count). The molecule has 0 aliphatic heterocycles. The normalized spacial score (nSPS) is 10.8. The number of hydrogen-bond acceptors (Lipinski definition) is 2. The first kappa shape index (κ1) is 11.6. The van der Waals surface area contributed by atoms with Gasteiger partial charge in [-0.3, -0.25) is 4.79 Å². The first-order valence-corrected chi connectivity index (χ1v) is 5.80. The summed E-state index contributed by atoms with van der Waals surface area (Å²) in [6.45, 7) is 4.38. The summed E-state index contributed by atoms with van der Waals surface area (Å²) in [5, 5.41) is 0. The minimum atomic E-state index is -0.149. The molecule has 1 aromatic heterocycles. The van der Waals surface area contributed by atoms with Crippen LogP contribution in [0.4, 0.5) is 0 Å². The van der Waals surface area contributed by atoms with Crippen LogP contribution in [0.1, 0.15) is 19.4 Å². The van der Waals surface area contributed by atoms with Crippen molar-refractivity contribution in [2.24, 2.45) is 5.92 Å². The molecule has 0 spiro atoms. The van der Waals surface area contributed by atoms with E-state index in [0.29, 0.717) is 11.6 Å². The van der Waals surface area contributed by atoms with Gasteiger partial charge in [-0.15, -0.1) is 0 Å². The Morgan fingerprint density at radius 3 is 2.53 bits per heavy atom. The van der Waals surface area contributed by atoms with E-state index >= 15 is 0 Å². The quantitative estimate of drug-likeness (QED) is 0.877. The molecule has 3 heteroatoms. The maximum atomic E-state index is 11.6. The Bertz CT molecular complexity index is 541. The molecule has 1 N–H and O–H groups in total. The second-order valence-electron chi connectivity index (χ2n) is 4.56. The highest BCUT2D eigenvalue weighted by molar-refractivity contribution is 5.58. The molecular formula is C14H16N2O. The number of nitrogens with zero attached hydrogens (tertiary/aromatic N) is 1. The Labute approximate surface area is 101 Å². The molecule has 3 nitrogen and oxygen atoms in total. The van der Waals surface area contributed by atoms with Crippen molar-refractivity contribution in [1.82, 2.24) is 9.97 Å². The molecule has 0 aliphatic carbocycles. The van der Waals surface area contributed by atoms with Crippen molar-refractivity contribution < 1.29 is 0 Å². The SMILES string of the molecule is CC(C)Cc1ccc(-c2ncc[nH]c2=O)cc1. The molecule has 0 aliphatic rings. The van der Waals surface area contributed by atoms with Gasteiger partial charge in [-0.25, -0.2) is 4.98 Å². The van der Waals surface area contributed by atoms with Gasteiger partial charge in [-0.1, -0.05) is 38.1 Å². The second-order valence-corrected chi connectivity index (χ2v) is 4.56. The third-order valence-corrected chi connectivity index (χ3v) is 2.58. The molecule has 0 radical (unpaired) electrons. The highest BCUT2D eigenvalue weighted by Crippen LogP contribution is 2.15. The molecule has 17 heavy (non-hydrogen) atoms. The van der Waals surface area contributed by atoms with Crippen LogP contribution in [0.15, 0.2) is 41.5 Å². The lowest BCUT2D eigenvalue weighted by molar-refractivity contribution is 0.647. The van der Waals surface area contributed by atoms with E-state index in [1.165, 1.54) is 5.56 Å². The zero-order valence-electron chi connectivity index (χ0n) is 10.1. The van der Waals surface area contributed by atoms with E-state index in [9.17, 15) is 4.79 Å². The van der Waals surface area contributed by atoms with Crippen LogP contribution in [0.25, 0.3) is 11.3 Å². The summed E-state index contributed by atoms with van der Waals surface area (Å²) in [5.41, 5.74) is 2.48. The topological polar surface area (TPSA) is 45.8 Å². The summed E-state index contributed by atoms with van der Waals surface area (Å²) in [4.78, 5) is 18.3. The molecular weight excluding hydrogens is 212 g/mol. The average Bonchev–Trinajstić information content (AvgIpc) is 2.30. The molecule has 0 unspecified atom stereocenters. The molecule has 1 heterocycles. The van der Waals surface area contributed by atoms with Gasteiger partial charge in [-0.05, 0) is 17.9 Å². The number of aromatic amines is 1. The summed E-state index contributed by atoms with van der Waals surface area (Å²) in [7, 11) is 0. The molecule has 0 amide bonds. The van der Waals surface area contributed by atoms with Crippen LogP contribution >= 0.6 is 0 Å². The number of benzene rings is 1. The Hall–Kier alpha value is -1.90. The van der Waals surface area contributed by atoms with Crippen LogP contribution in [0, 0.1) is 5.92 Å². The van der Waals surface area contributed by atoms with Crippen LogP contribution in [0.3, 0.4) is 0 Å². The first-order chi connectivity index (χ1) is 8.16. The molecule has 0 atom stereocenters. The predicted molar refractivity (Wildman–Crippen MR) is 68.8 cm³/mol. The largest absolute Gasteiger partial charge is 0.326 e. The van der Waals surface area contributed by atoms with Gasteiger partial charge in [0.15, 0.2) is 0 Å². The van der Waals surface area contributed by atoms with E-state index < -0.39 is 0 Å².